The minimum atomic E-state index is 0.806. The fourth-order valence-electron chi connectivity index (χ4n) is 2.10. The molecule has 0 aliphatic carbocycles. The Kier molecular flexibility index (Phi) is 4.44. The van der Waals surface area contributed by atoms with Crippen LogP contribution in [0.25, 0.3) is 10.8 Å². The highest BCUT2D eigenvalue weighted by Gasteiger charge is 1.98. The minimum Gasteiger partial charge on any atom is -0.0843 e. The Morgan fingerprint density at radius 3 is 2.47 bits per heavy atom. The average Bonchev–Trinajstić information content (AvgIpc) is 2.35. The van der Waals surface area contributed by atoms with Crippen molar-refractivity contribution in [1.29, 1.82) is 0 Å². The Bertz CT molecular complexity index is 488. The van der Waals surface area contributed by atoms with E-state index in [4.69, 9.17) is 11.6 Å². The van der Waals surface area contributed by atoms with Crippen LogP contribution in [0, 0.1) is 6.92 Å². The van der Waals surface area contributed by atoms with Crippen LogP contribution in [0.2, 0.25) is 5.02 Å². The molecule has 0 atom stereocenters. The van der Waals surface area contributed by atoms with Gasteiger partial charge in [0, 0.05) is 5.02 Å². The van der Waals surface area contributed by atoms with E-state index in [1.165, 1.54) is 42.0 Å². The number of hydrogen-bond acceptors (Lipinski definition) is 0. The average molecular weight is 246 g/mol. The van der Waals surface area contributed by atoms with E-state index in [-0.39, 0.29) is 0 Å². The van der Waals surface area contributed by atoms with Gasteiger partial charge in [-0.15, -0.1) is 0 Å². The third kappa shape index (κ3) is 3.47. The standard InChI is InChI=1S/C16H18Cl/c1-2-3-4-5-6-13-7-8-15-12-16(17)10-9-14(15)11-13/h7-12H,1-6H2. The molecule has 2 aromatic carbocycles. The van der Waals surface area contributed by atoms with E-state index in [2.05, 4.69) is 31.2 Å². The van der Waals surface area contributed by atoms with Crippen LogP contribution >= 0.6 is 11.6 Å². The first-order valence-electron chi connectivity index (χ1n) is 6.27. The van der Waals surface area contributed by atoms with Crippen molar-refractivity contribution in [2.24, 2.45) is 0 Å². The summed E-state index contributed by atoms with van der Waals surface area (Å²) in [6.07, 6.45) is 5.99. The first kappa shape index (κ1) is 12.4. The molecule has 2 rings (SSSR count). The third-order valence-corrected chi connectivity index (χ3v) is 3.32. The lowest BCUT2D eigenvalue weighted by Crippen LogP contribution is -1.86. The van der Waals surface area contributed by atoms with Crippen LogP contribution < -0.4 is 0 Å². The van der Waals surface area contributed by atoms with Crippen LogP contribution in [0.4, 0.5) is 0 Å². The predicted octanol–water partition coefficient (Wildman–Crippen LogP) is 5.43. The normalized spacial score (nSPS) is 10.9. The molecule has 89 valence electrons. The lowest BCUT2D eigenvalue weighted by Gasteiger charge is -2.04. The Morgan fingerprint density at radius 2 is 1.65 bits per heavy atom. The maximum absolute atomic E-state index is 5.97. The molecule has 1 heteroatoms. The van der Waals surface area contributed by atoms with Crippen LogP contribution in [-0.2, 0) is 6.42 Å². The largest absolute Gasteiger partial charge is 0.0843 e. The molecule has 0 fully saturated rings. The summed E-state index contributed by atoms with van der Waals surface area (Å²) in [5.41, 5.74) is 1.42. The predicted molar refractivity (Wildman–Crippen MR) is 76.5 cm³/mol. The molecule has 0 spiro atoms. The molecule has 0 unspecified atom stereocenters. The molecule has 0 N–H and O–H groups in total. The van der Waals surface area contributed by atoms with Crippen molar-refractivity contribution in [3.63, 3.8) is 0 Å². The fraction of sp³-hybridized carbons (Fsp3) is 0.312. The number of hydrogen-bond donors (Lipinski definition) is 0. The van der Waals surface area contributed by atoms with Gasteiger partial charge in [-0.25, -0.2) is 0 Å². The van der Waals surface area contributed by atoms with E-state index in [1.807, 2.05) is 12.1 Å². The molecule has 17 heavy (non-hydrogen) atoms. The molecule has 2 aromatic rings. The molecular weight excluding hydrogens is 228 g/mol. The molecule has 0 saturated heterocycles. The lowest BCUT2D eigenvalue weighted by atomic mass is 10.0. The summed E-state index contributed by atoms with van der Waals surface area (Å²) in [4.78, 5) is 0. The van der Waals surface area contributed by atoms with Crippen molar-refractivity contribution in [3.05, 3.63) is 53.9 Å². The van der Waals surface area contributed by atoms with Gasteiger partial charge >= 0.3 is 0 Å². The zero-order valence-corrected chi connectivity index (χ0v) is 10.8. The van der Waals surface area contributed by atoms with Gasteiger partial charge in [-0.05, 0) is 41.3 Å². The van der Waals surface area contributed by atoms with Crippen molar-refractivity contribution in [2.75, 3.05) is 0 Å². The summed E-state index contributed by atoms with van der Waals surface area (Å²) in [6, 6.07) is 12.7. The van der Waals surface area contributed by atoms with Crippen LogP contribution in [0.5, 0.6) is 0 Å². The van der Waals surface area contributed by atoms with Gasteiger partial charge in [0.2, 0.25) is 0 Å². The maximum atomic E-state index is 5.97. The Morgan fingerprint density at radius 1 is 0.882 bits per heavy atom. The van der Waals surface area contributed by atoms with Gasteiger partial charge in [0.1, 0.15) is 0 Å². The third-order valence-electron chi connectivity index (χ3n) is 3.08. The molecule has 0 aliphatic rings. The summed E-state index contributed by atoms with van der Waals surface area (Å²) in [5, 5.41) is 3.31. The number of unbranched alkanes of at least 4 members (excludes halogenated alkanes) is 3. The number of rotatable bonds is 5. The quantitative estimate of drug-likeness (QED) is 0.616. The highest BCUT2D eigenvalue weighted by atomic mass is 35.5. The Labute approximate surface area is 109 Å². The van der Waals surface area contributed by atoms with Crippen LogP contribution in [0.3, 0.4) is 0 Å². The van der Waals surface area contributed by atoms with E-state index in [9.17, 15) is 0 Å². The van der Waals surface area contributed by atoms with Gasteiger partial charge in [0.25, 0.3) is 0 Å². The van der Waals surface area contributed by atoms with Crippen molar-refractivity contribution in [2.45, 2.75) is 32.1 Å². The SMILES string of the molecule is [CH2]CCCCCc1ccc2cc(Cl)ccc2c1. The van der Waals surface area contributed by atoms with Gasteiger partial charge in [-0.3, -0.25) is 0 Å². The van der Waals surface area contributed by atoms with Crippen molar-refractivity contribution < 1.29 is 0 Å². The second-order valence-corrected chi connectivity index (χ2v) is 4.93. The highest BCUT2D eigenvalue weighted by Crippen LogP contribution is 2.21. The molecule has 0 saturated carbocycles. The second kappa shape index (κ2) is 6.07. The van der Waals surface area contributed by atoms with E-state index in [0.717, 1.165) is 11.4 Å². The smallest absolute Gasteiger partial charge is 0.0412 e. The van der Waals surface area contributed by atoms with Crippen molar-refractivity contribution in [1.82, 2.24) is 0 Å². The summed E-state index contributed by atoms with van der Waals surface area (Å²) in [7, 11) is 0. The molecule has 1 radical (unpaired) electrons. The summed E-state index contributed by atoms with van der Waals surface area (Å²) in [6.45, 7) is 3.87. The van der Waals surface area contributed by atoms with Crippen LogP contribution in [-0.4, -0.2) is 0 Å². The summed E-state index contributed by atoms with van der Waals surface area (Å²) < 4.78 is 0. The fourth-order valence-corrected chi connectivity index (χ4v) is 2.28. The van der Waals surface area contributed by atoms with Gasteiger partial charge in [0.05, 0.1) is 0 Å². The Hall–Kier alpha value is -1.01. The van der Waals surface area contributed by atoms with Gasteiger partial charge in [-0.1, -0.05) is 62.1 Å². The van der Waals surface area contributed by atoms with Crippen molar-refractivity contribution >= 4 is 22.4 Å². The monoisotopic (exact) mass is 245 g/mol. The molecule has 0 bridgehead atoms. The minimum absolute atomic E-state index is 0.806. The summed E-state index contributed by atoms with van der Waals surface area (Å²) in [5.74, 6) is 0. The zero-order valence-electron chi connectivity index (χ0n) is 10.1. The van der Waals surface area contributed by atoms with Crippen LogP contribution in [0.1, 0.15) is 31.2 Å². The maximum Gasteiger partial charge on any atom is 0.0412 e. The van der Waals surface area contributed by atoms with Gasteiger partial charge in [-0.2, -0.15) is 0 Å². The van der Waals surface area contributed by atoms with E-state index >= 15 is 0 Å². The highest BCUT2D eigenvalue weighted by molar-refractivity contribution is 6.31. The van der Waals surface area contributed by atoms with Gasteiger partial charge in [0.15, 0.2) is 0 Å². The summed E-state index contributed by atoms with van der Waals surface area (Å²) >= 11 is 5.97. The zero-order chi connectivity index (χ0) is 12.1. The van der Waals surface area contributed by atoms with E-state index in [0.29, 0.717) is 0 Å². The van der Waals surface area contributed by atoms with E-state index in [1.54, 1.807) is 0 Å². The Balaban J connectivity index is 2.07. The molecule has 0 nitrogen and oxygen atoms in total. The topological polar surface area (TPSA) is 0 Å². The molecule has 0 amide bonds. The number of halogens is 1. The van der Waals surface area contributed by atoms with Gasteiger partial charge < -0.3 is 0 Å². The van der Waals surface area contributed by atoms with Crippen molar-refractivity contribution in [3.8, 4) is 0 Å². The number of aryl methyl sites for hydroxylation is 1. The second-order valence-electron chi connectivity index (χ2n) is 4.49. The lowest BCUT2D eigenvalue weighted by molar-refractivity contribution is 0.686. The first-order chi connectivity index (χ1) is 8.29. The van der Waals surface area contributed by atoms with E-state index < -0.39 is 0 Å². The number of fused-ring (bicyclic) bond motifs is 1. The molecule has 0 aromatic heterocycles. The van der Waals surface area contributed by atoms with Crippen LogP contribution in [0.15, 0.2) is 36.4 Å². The molecule has 0 heterocycles. The molecule has 0 aliphatic heterocycles. The number of benzene rings is 2. The molecular formula is C16H18Cl. The first-order valence-corrected chi connectivity index (χ1v) is 6.65.